The fraction of sp³-hybridized carbons (Fsp3) is 0.588. The van der Waals surface area contributed by atoms with Crippen molar-refractivity contribution in [2.45, 2.75) is 46.5 Å². The third kappa shape index (κ3) is 6.20. The number of benzene rings is 1. The first-order chi connectivity index (χ1) is 9.55. The van der Waals surface area contributed by atoms with Crippen LogP contribution < -0.4 is 5.32 Å². The Morgan fingerprint density at radius 1 is 1.25 bits per heavy atom. The van der Waals surface area contributed by atoms with E-state index in [0.29, 0.717) is 18.9 Å². The lowest BCUT2D eigenvalue weighted by Crippen LogP contribution is -2.29. The topological polar surface area (TPSA) is 49.3 Å². The molecule has 3 heteroatoms. The van der Waals surface area contributed by atoms with Crippen LogP contribution in [0.1, 0.15) is 42.9 Å². The van der Waals surface area contributed by atoms with E-state index in [1.54, 1.807) is 0 Å². The molecule has 0 heterocycles. The lowest BCUT2D eigenvalue weighted by atomic mass is 10.0. The summed E-state index contributed by atoms with van der Waals surface area (Å²) in [7, 11) is 0. The molecule has 1 atom stereocenters. The van der Waals surface area contributed by atoms with Gasteiger partial charge >= 0.3 is 0 Å². The summed E-state index contributed by atoms with van der Waals surface area (Å²) in [5, 5.41) is 11.9. The number of aliphatic hydroxyl groups excluding tert-OH is 1. The number of carbonyl (C=O) groups is 1. The van der Waals surface area contributed by atoms with Gasteiger partial charge in [-0.25, -0.2) is 0 Å². The van der Waals surface area contributed by atoms with Crippen molar-refractivity contribution in [3.63, 3.8) is 0 Å². The normalized spacial score (nSPS) is 12.2. The predicted octanol–water partition coefficient (Wildman–Crippen LogP) is 2.76. The van der Waals surface area contributed by atoms with E-state index in [4.69, 9.17) is 5.11 Å². The van der Waals surface area contributed by atoms with Gasteiger partial charge in [-0.15, -0.1) is 0 Å². The van der Waals surface area contributed by atoms with Crippen LogP contribution in [0.15, 0.2) is 18.2 Å². The van der Waals surface area contributed by atoms with E-state index in [9.17, 15) is 4.79 Å². The molecule has 0 spiro atoms. The Morgan fingerprint density at radius 2 is 1.90 bits per heavy atom. The van der Waals surface area contributed by atoms with Gasteiger partial charge < -0.3 is 10.4 Å². The van der Waals surface area contributed by atoms with Crippen LogP contribution in [-0.2, 0) is 11.2 Å². The minimum absolute atomic E-state index is 0.0977. The first-order valence-electron chi connectivity index (χ1n) is 7.49. The molecule has 1 unspecified atom stereocenters. The number of rotatable bonds is 8. The van der Waals surface area contributed by atoms with E-state index in [0.717, 1.165) is 19.3 Å². The van der Waals surface area contributed by atoms with Crippen molar-refractivity contribution in [3.8, 4) is 0 Å². The summed E-state index contributed by atoms with van der Waals surface area (Å²) in [6.07, 6.45) is 3.05. The Hall–Kier alpha value is -1.35. The van der Waals surface area contributed by atoms with Crippen molar-refractivity contribution < 1.29 is 9.90 Å². The summed E-state index contributed by atoms with van der Waals surface area (Å²) in [6, 6.07) is 6.42. The molecule has 0 saturated carbocycles. The van der Waals surface area contributed by atoms with Gasteiger partial charge in [0.2, 0.25) is 5.91 Å². The van der Waals surface area contributed by atoms with Gasteiger partial charge in [-0.3, -0.25) is 4.79 Å². The quantitative estimate of drug-likeness (QED) is 0.767. The average Bonchev–Trinajstić information content (AvgIpc) is 2.40. The summed E-state index contributed by atoms with van der Waals surface area (Å²) in [5.41, 5.74) is 3.71. The second kappa shape index (κ2) is 8.75. The highest BCUT2D eigenvalue weighted by Crippen LogP contribution is 2.11. The third-order valence-electron chi connectivity index (χ3n) is 3.62. The second-order valence-electron chi connectivity index (χ2n) is 5.59. The fourth-order valence-electron chi connectivity index (χ4n) is 2.45. The average molecular weight is 277 g/mol. The van der Waals surface area contributed by atoms with E-state index in [2.05, 4.69) is 44.3 Å². The summed E-state index contributed by atoms with van der Waals surface area (Å²) < 4.78 is 0. The van der Waals surface area contributed by atoms with Crippen molar-refractivity contribution in [3.05, 3.63) is 34.9 Å². The monoisotopic (exact) mass is 277 g/mol. The van der Waals surface area contributed by atoms with Crippen LogP contribution >= 0.6 is 0 Å². The first kappa shape index (κ1) is 16.7. The van der Waals surface area contributed by atoms with Gasteiger partial charge in [-0.1, -0.05) is 42.7 Å². The molecule has 0 radical (unpaired) electrons. The largest absolute Gasteiger partial charge is 0.396 e. The Balaban J connectivity index is 2.35. The van der Waals surface area contributed by atoms with Crippen molar-refractivity contribution in [1.29, 1.82) is 0 Å². The predicted molar refractivity (Wildman–Crippen MR) is 82.7 cm³/mol. The van der Waals surface area contributed by atoms with Crippen LogP contribution in [0.25, 0.3) is 0 Å². The molecule has 0 aliphatic carbocycles. The van der Waals surface area contributed by atoms with Gasteiger partial charge in [0.25, 0.3) is 0 Å². The van der Waals surface area contributed by atoms with Crippen LogP contribution in [0.4, 0.5) is 0 Å². The molecule has 112 valence electrons. The van der Waals surface area contributed by atoms with E-state index in [-0.39, 0.29) is 12.5 Å². The zero-order chi connectivity index (χ0) is 15.0. The minimum atomic E-state index is 0.0977. The highest BCUT2D eigenvalue weighted by atomic mass is 16.3. The summed E-state index contributed by atoms with van der Waals surface area (Å²) >= 11 is 0. The van der Waals surface area contributed by atoms with Gasteiger partial charge in [-0.2, -0.15) is 0 Å². The van der Waals surface area contributed by atoms with E-state index in [1.165, 1.54) is 16.7 Å². The molecular weight excluding hydrogens is 250 g/mol. The number of aliphatic hydroxyl groups is 1. The molecule has 1 aromatic carbocycles. The van der Waals surface area contributed by atoms with Gasteiger partial charge in [0.1, 0.15) is 0 Å². The Bertz CT molecular complexity index is 409. The van der Waals surface area contributed by atoms with Crippen LogP contribution in [0.3, 0.4) is 0 Å². The molecule has 1 rings (SSSR count). The number of hydrogen-bond donors (Lipinski definition) is 2. The molecule has 2 N–H and O–H groups in total. The SMILES string of the molecule is CCC(CCO)CNC(=O)CCc1cc(C)cc(C)c1. The molecule has 1 amide bonds. The maximum atomic E-state index is 11.8. The van der Waals surface area contributed by atoms with Crippen LogP contribution in [-0.4, -0.2) is 24.2 Å². The number of nitrogens with one attached hydrogen (secondary N) is 1. The number of hydrogen-bond acceptors (Lipinski definition) is 2. The molecular formula is C17H27NO2. The lowest BCUT2D eigenvalue weighted by molar-refractivity contribution is -0.121. The Labute approximate surface area is 122 Å². The van der Waals surface area contributed by atoms with Gasteiger partial charge in [0.15, 0.2) is 0 Å². The summed E-state index contributed by atoms with van der Waals surface area (Å²) in [6.45, 7) is 7.11. The fourth-order valence-corrected chi connectivity index (χ4v) is 2.45. The van der Waals surface area contributed by atoms with Gasteiger partial charge in [0, 0.05) is 19.6 Å². The molecule has 0 aliphatic heterocycles. The van der Waals surface area contributed by atoms with Crippen molar-refractivity contribution in [1.82, 2.24) is 5.32 Å². The number of carbonyl (C=O) groups excluding carboxylic acids is 1. The summed E-state index contributed by atoms with van der Waals surface area (Å²) in [5.74, 6) is 0.478. The molecule has 0 bridgehead atoms. The number of amides is 1. The molecule has 20 heavy (non-hydrogen) atoms. The van der Waals surface area contributed by atoms with Crippen molar-refractivity contribution in [2.75, 3.05) is 13.2 Å². The second-order valence-corrected chi connectivity index (χ2v) is 5.59. The lowest BCUT2D eigenvalue weighted by Gasteiger charge is -2.14. The van der Waals surface area contributed by atoms with Crippen LogP contribution in [0.5, 0.6) is 0 Å². The van der Waals surface area contributed by atoms with E-state index >= 15 is 0 Å². The maximum absolute atomic E-state index is 11.8. The third-order valence-corrected chi connectivity index (χ3v) is 3.62. The molecule has 3 nitrogen and oxygen atoms in total. The summed E-state index contributed by atoms with van der Waals surface area (Å²) in [4.78, 5) is 11.8. The molecule has 0 fully saturated rings. The Kier molecular flexibility index (Phi) is 7.31. The minimum Gasteiger partial charge on any atom is -0.396 e. The highest BCUT2D eigenvalue weighted by Gasteiger charge is 2.08. The van der Waals surface area contributed by atoms with Crippen LogP contribution in [0, 0.1) is 19.8 Å². The van der Waals surface area contributed by atoms with Crippen molar-refractivity contribution >= 4 is 5.91 Å². The number of aryl methyl sites for hydroxylation is 3. The van der Waals surface area contributed by atoms with Crippen molar-refractivity contribution in [2.24, 2.45) is 5.92 Å². The molecule has 0 saturated heterocycles. The van der Waals surface area contributed by atoms with Crippen LogP contribution in [0.2, 0.25) is 0 Å². The highest BCUT2D eigenvalue weighted by molar-refractivity contribution is 5.76. The molecule has 0 aromatic heterocycles. The maximum Gasteiger partial charge on any atom is 0.220 e. The molecule has 0 aliphatic rings. The standard InChI is InChI=1S/C17H27NO2/c1-4-15(7-8-19)12-18-17(20)6-5-16-10-13(2)9-14(3)11-16/h9-11,15,19H,4-8,12H2,1-3H3,(H,18,20). The van der Waals surface area contributed by atoms with Gasteiger partial charge in [0.05, 0.1) is 0 Å². The molecule has 1 aromatic rings. The zero-order valence-corrected chi connectivity index (χ0v) is 12.9. The first-order valence-corrected chi connectivity index (χ1v) is 7.49. The van der Waals surface area contributed by atoms with E-state index < -0.39 is 0 Å². The van der Waals surface area contributed by atoms with E-state index in [1.807, 2.05) is 0 Å². The van der Waals surface area contributed by atoms with Gasteiger partial charge in [-0.05, 0) is 38.2 Å². The Morgan fingerprint density at radius 3 is 2.45 bits per heavy atom. The smallest absolute Gasteiger partial charge is 0.220 e. The zero-order valence-electron chi connectivity index (χ0n) is 12.9.